The molecule has 0 radical (unpaired) electrons. The molecule has 3 rings (SSSR count). The van der Waals surface area contributed by atoms with Gasteiger partial charge in [-0.2, -0.15) is 0 Å². The lowest BCUT2D eigenvalue weighted by atomic mass is 9.60. The molecule has 0 saturated heterocycles. The van der Waals surface area contributed by atoms with E-state index in [4.69, 9.17) is 16.2 Å². The first-order valence-corrected chi connectivity index (χ1v) is 10.4. The maximum absolute atomic E-state index is 7.05. The highest BCUT2D eigenvalue weighted by atomic mass is 16.5. The number of ether oxygens (including phenoxy) is 1. The first-order chi connectivity index (χ1) is 14.1. The SMILES string of the molecule is CCCCCC(N)(N)C(c1ccccc1)(c1ccccc1)c1ccc(OC)cc1. The van der Waals surface area contributed by atoms with Gasteiger partial charge in [0.15, 0.2) is 0 Å². The van der Waals surface area contributed by atoms with Crippen LogP contribution in [0.1, 0.15) is 49.3 Å². The molecular weight excluding hydrogens is 356 g/mol. The first kappa shape index (κ1) is 21.1. The van der Waals surface area contributed by atoms with Gasteiger partial charge in [0.2, 0.25) is 0 Å². The lowest BCUT2D eigenvalue weighted by molar-refractivity contribution is 0.278. The average Bonchev–Trinajstić information content (AvgIpc) is 2.76. The second kappa shape index (κ2) is 9.25. The Kier molecular flexibility index (Phi) is 6.73. The lowest BCUT2D eigenvalue weighted by Gasteiger charge is -2.48. The normalized spacial score (nSPS) is 12.0. The molecule has 3 aromatic rings. The molecule has 0 fully saturated rings. The van der Waals surface area contributed by atoms with Crippen molar-refractivity contribution in [3.8, 4) is 5.75 Å². The van der Waals surface area contributed by atoms with Crippen molar-refractivity contribution < 1.29 is 4.74 Å². The van der Waals surface area contributed by atoms with Crippen LogP contribution in [0.2, 0.25) is 0 Å². The Labute approximate surface area is 174 Å². The van der Waals surface area contributed by atoms with Crippen molar-refractivity contribution in [1.82, 2.24) is 0 Å². The summed E-state index contributed by atoms with van der Waals surface area (Å²) in [5.41, 5.74) is 15.7. The first-order valence-electron chi connectivity index (χ1n) is 10.4. The smallest absolute Gasteiger partial charge is 0.118 e. The summed E-state index contributed by atoms with van der Waals surface area (Å²) in [4.78, 5) is 0. The van der Waals surface area contributed by atoms with Gasteiger partial charge < -0.3 is 16.2 Å². The monoisotopic (exact) mass is 388 g/mol. The molecule has 0 unspecified atom stereocenters. The molecule has 0 aromatic heterocycles. The Morgan fingerprint density at radius 1 is 0.690 bits per heavy atom. The molecule has 0 bridgehead atoms. The molecule has 0 aliphatic carbocycles. The van der Waals surface area contributed by atoms with Crippen molar-refractivity contribution in [3.05, 3.63) is 102 Å². The van der Waals surface area contributed by atoms with Crippen LogP contribution in [0.15, 0.2) is 84.9 Å². The number of rotatable bonds is 9. The second-order valence-electron chi connectivity index (χ2n) is 7.71. The van der Waals surface area contributed by atoms with Crippen molar-refractivity contribution in [1.29, 1.82) is 0 Å². The zero-order valence-electron chi connectivity index (χ0n) is 17.5. The van der Waals surface area contributed by atoms with E-state index in [1.165, 1.54) is 0 Å². The van der Waals surface area contributed by atoms with Gasteiger partial charge in [0, 0.05) is 0 Å². The van der Waals surface area contributed by atoms with Gasteiger partial charge in [0.25, 0.3) is 0 Å². The molecule has 152 valence electrons. The second-order valence-corrected chi connectivity index (χ2v) is 7.71. The topological polar surface area (TPSA) is 61.3 Å². The Morgan fingerprint density at radius 2 is 1.17 bits per heavy atom. The van der Waals surface area contributed by atoms with Gasteiger partial charge in [0.1, 0.15) is 5.75 Å². The zero-order chi connectivity index (χ0) is 20.7. The Morgan fingerprint density at radius 3 is 1.62 bits per heavy atom. The number of methoxy groups -OCH3 is 1. The fourth-order valence-electron chi connectivity index (χ4n) is 4.38. The quantitative estimate of drug-likeness (QED) is 0.300. The molecule has 3 heteroatoms. The molecule has 0 spiro atoms. The highest BCUT2D eigenvalue weighted by Gasteiger charge is 2.50. The summed E-state index contributed by atoms with van der Waals surface area (Å²) in [5.74, 6) is 0.814. The fourth-order valence-corrected chi connectivity index (χ4v) is 4.38. The number of hydrogen-bond acceptors (Lipinski definition) is 3. The molecule has 29 heavy (non-hydrogen) atoms. The maximum atomic E-state index is 7.05. The van der Waals surface area contributed by atoms with Crippen LogP contribution in [-0.4, -0.2) is 12.8 Å². The predicted molar refractivity (Wildman–Crippen MR) is 121 cm³/mol. The van der Waals surface area contributed by atoms with E-state index in [2.05, 4.69) is 67.6 Å². The maximum Gasteiger partial charge on any atom is 0.118 e. The minimum atomic E-state index is -0.973. The molecule has 0 amide bonds. The molecule has 0 heterocycles. The molecule has 0 aliphatic heterocycles. The summed E-state index contributed by atoms with van der Waals surface area (Å²) < 4.78 is 5.40. The molecule has 0 atom stereocenters. The van der Waals surface area contributed by atoms with E-state index in [1.807, 2.05) is 24.3 Å². The van der Waals surface area contributed by atoms with E-state index >= 15 is 0 Å². The summed E-state index contributed by atoms with van der Waals surface area (Å²) in [6.07, 6.45) is 3.94. The van der Waals surface area contributed by atoms with E-state index < -0.39 is 11.1 Å². The summed E-state index contributed by atoms with van der Waals surface area (Å²) in [5, 5.41) is 0. The number of benzene rings is 3. The average molecular weight is 389 g/mol. The Hall–Kier alpha value is -2.62. The van der Waals surface area contributed by atoms with Crippen LogP contribution in [0.25, 0.3) is 0 Å². The number of unbranched alkanes of at least 4 members (excludes halogenated alkanes) is 2. The van der Waals surface area contributed by atoms with Crippen LogP contribution in [0.5, 0.6) is 5.75 Å². The van der Waals surface area contributed by atoms with Gasteiger partial charge in [0.05, 0.1) is 18.2 Å². The molecule has 3 nitrogen and oxygen atoms in total. The van der Waals surface area contributed by atoms with Crippen LogP contribution in [0, 0.1) is 0 Å². The van der Waals surface area contributed by atoms with Crippen molar-refractivity contribution in [3.63, 3.8) is 0 Å². The van der Waals surface area contributed by atoms with E-state index in [0.29, 0.717) is 0 Å². The Bertz CT molecular complexity index is 834. The summed E-state index contributed by atoms with van der Waals surface area (Å²) in [6.45, 7) is 2.19. The molecule has 0 aliphatic rings. The zero-order valence-corrected chi connectivity index (χ0v) is 17.5. The van der Waals surface area contributed by atoms with Crippen LogP contribution in [0.3, 0.4) is 0 Å². The molecule has 4 N–H and O–H groups in total. The van der Waals surface area contributed by atoms with Crippen LogP contribution in [-0.2, 0) is 5.41 Å². The van der Waals surface area contributed by atoms with Gasteiger partial charge >= 0.3 is 0 Å². The van der Waals surface area contributed by atoms with Crippen molar-refractivity contribution in [2.75, 3.05) is 7.11 Å². The van der Waals surface area contributed by atoms with E-state index in [0.717, 1.165) is 48.1 Å². The molecular formula is C26H32N2O. The van der Waals surface area contributed by atoms with Crippen molar-refractivity contribution in [2.45, 2.75) is 43.7 Å². The van der Waals surface area contributed by atoms with E-state index in [9.17, 15) is 0 Å². The standard InChI is InChI=1S/C26H32N2O/c1-3-4-11-20-25(27,28)26(21-12-7-5-8-13-21,22-14-9-6-10-15-22)23-16-18-24(29-2)19-17-23/h5-10,12-19H,3-4,11,20,27-28H2,1-2H3. The van der Waals surface area contributed by atoms with Crippen LogP contribution >= 0.6 is 0 Å². The van der Waals surface area contributed by atoms with E-state index in [-0.39, 0.29) is 0 Å². The third-order valence-corrected chi connectivity index (χ3v) is 5.83. The fraction of sp³-hybridized carbons (Fsp3) is 0.308. The molecule has 0 saturated carbocycles. The number of hydrogen-bond donors (Lipinski definition) is 2. The lowest BCUT2D eigenvalue weighted by Crippen LogP contribution is -2.65. The van der Waals surface area contributed by atoms with Gasteiger partial charge in [-0.05, 0) is 35.2 Å². The predicted octanol–water partition coefficient (Wildman–Crippen LogP) is 5.22. The third-order valence-electron chi connectivity index (χ3n) is 5.83. The van der Waals surface area contributed by atoms with Gasteiger partial charge in [-0.25, -0.2) is 0 Å². The van der Waals surface area contributed by atoms with Crippen molar-refractivity contribution in [2.24, 2.45) is 11.5 Å². The number of nitrogens with two attached hydrogens (primary N) is 2. The summed E-state index contributed by atoms with van der Waals surface area (Å²) >= 11 is 0. The molecule has 3 aromatic carbocycles. The summed E-state index contributed by atoms with van der Waals surface area (Å²) in [6, 6.07) is 28.9. The van der Waals surface area contributed by atoms with Gasteiger partial charge in [-0.3, -0.25) is 0 Å². The van der Waals surface area contributed by atoms with Crippen molar-refractivity contribution >= 4 is 0 Å². The van der Waals surface area contributed by atoms with Crippen LogP contribution in [0.4, 0.5) is 0 Å². The Balaban J connectivity index is 2.29. The minimum Gasteiger partial charge on any atom is -0.497 e. The largest absolute Gasteiger partial charge is 0.497 e. The highest BCUT2D eigenvalue weighted by Crippen LogP contribution is 2.46. The third kappa shape index (κ3) is 4.07. The van der Waals surface area contributed by atoms with Crippen LogP contribution < -0.4 is 16.2 Å². The van der Waals surface area contributed by atoms with Gasteiger partial charge in [-0.15, -0.1) is 0 Å². The summed E-state index contributed by atoms with van der Waals surface area (Å²) in [7, 11) is 1.68. The van der Waals surface area contributed by atoms with E-state index in [1.54, 1.807) is 7.11 Å². The minimum absolute atomic E-state index is 0.685. The van der Waals surface area contributed by atoms with Gasteiger partial charge in [-0.1, -0.05) is 99.0 Å². The highest BCUT2D eigenvalue weighted by molar-refractivity contribution is 5.55.